The summed E-state index contributed by atoms with van der Waals surface area (Å²) in [5, 5.41) is 0. The van der Waals surface area contributed by atoms with Gasteiger partial charge in [0.25, 0.3) is 0 Å². The number of carbonyl (C=O) groups excluding carboxylic acids is 1. The fourth-order valence-electron chi connectivity index (χ4n) is 1.80. The number of likely N-dealkylation sites (tertiary alicyclic amines) is 1. The highest BCUT2D eigenvalue weighted by molar-refractivity contribution is 5.72. The molecule has 0 aromatic heterocycles. The first-order valence-electron chi connectivity index (χ1n) is 5.04. The minimum atomic E-state index is -0.0921. The number of ether oxygens (including phenoxy) is 1. The Hall–Kier alpha value is -0.570. The van der Waals surface area contributed by atoms with E-state index in [-0.39, 0.29) is 11.9 Å². The van der Waals surface area contributed by atoms with Crippen LogP contribution in [0.15, 0.2) is 0 Å². The lowest BCUT2D eigenvalue weighted by atomic mass is 10.1. The standard InChI is InChI=1S/C10H19NO2/c1-9(10(12)13-2)8-11-6-4-3-5-7-11/h9H,3-8H2,1-2H3. The molecule has 0 amide bonds. The van der Waals surface area contributed by atoms with Crippen molar-refractivity contribution in [3.05, 3.63) is 0 Å². The first-order valence-corrected chi connectivity index (χ1v) is 5.04. The van der Waals surface area contributed by atoms with Crippen molar-refractivity contribution in [2.75, 3.05) is 26.7 Å². The molecular weight excluding hydrogens is 166 g/mol. The van der Waals surface area contributed by atoms with E-state index in [1.54, 1.807) is 0 Å². The van der Waals surface area contributed by atoms with E-state index < -0.39 is 0 Å². The van der Waals surface area contributed by atoms with Crippen LogP contribution < -0.4 is 0 Å². The molecule has 3 nitrogen and oxygen atoms in total. The van der Waals surface area contributed by atoms with Crippen LogP contribution in [0.2, 0.25) is 0 Å². The van der Waals surface area contributed by atoms with Crippen LogP contribution in [0.25, 0.3) is 0 Å². The lowest BCUT2D eigenvalue weighted by molar-refractivity contribution is -0.145. The smallest absolute Gasteiger partial charge is 0.309 e. The molecule has 3 heteroatoms. The second kappa shape index (κ2) is 5.22. The Morgan fingerprint density at radius 1 is 1.38 bits per heavy atom. The molecule has 0 radical (unpaired) electrons. The predicted molar refractivity (Wildman–Crippen MR) is 51.5 cm³/mol. The number of piperidine rings is 1. The molecule has 1 heterocycles. The molecule has 1 rings (SSSR count). The van der Waals surface area contributed by atoms with Gasteiger partial charge in [0.1, 0.15) is 0 Å². The maximum Gasteiger partial charge on any atom is 0.309 e. The predicted octanol–water partition coefficient (Wildman–Crippen LogP) is 1.28. The van der Waals surface area contributed by atoms with Crippen LogP contribution in [0.4, 0.5) is 0 Å². The molecule has 0 bridgehead atoms. The van der Waals surface area contributed by atoms with E-state index in [2.05, 4.69) is 9.64 Å². The van der Waals surface area contributed by atoms with Crippen molar-refractivity contribution in [3.63, 3.8) is 0 Å². The Morgan fingerprint density at radius 3 is 2.54 bits per heavy atom. The molecule has 1 fully saturated rings. The molecule has 1 aliphatic rings. The average molecular weight is 185 g/mol. The molecule has 1 aliphatic heterocycles. The highest BCUT2D eigenvalue weighted by atomic mass is 16.5. The Labute approximate surface area is 80.1 Å². The van der Waals surface area contributed by atoms with Crippen LogP contribution in [0.3, 0.4) is 0 Å². The van der Waals surface area contributed by atoms with Gasteiger partial charge >= 0.3 is 5.97 Å². The van der Waals surface area contributed by atoms with Gasteiger partial charge in [0.05, 0.1) is 13.0 Å². The van der Waals surface area contributed by atoms with E-state index in [0.29, 0.717) is 0 Å². The second-order valence-corrected chi connectivity index (χ2v) is 3.79. The third kappa shape index (κ3) is 3.35. The SMILES string of the molecule is COC(=O)C(C)CN1CCCCC1. The summed E-state index contributed by atoms with van der Waals surface area (Å²) >= 11 is 0. The number of methoxy groups -OCH3 is 1. The van der Waals surface area contributed by atoms with E-state index in [9.17, 15) is 4.79 Å². The van der Waals surface area contributed by atoms with Crippen molar-refractivity contribution >= 4 is 5.97 Å². The van der Waals surface area contributed by atoms with Crippen molar-refractivity contribution in [1.29, 1.82) is 0 Å². The zero-order chi connectivity index (χ0) is 9.68. The van der Waals surface area contributed by atoms with Crippen molar-refractivity contribution in [3.8, 4) is 0 Å². The van der Waals surface area contributed by atoms with Gasteiger partial charge in [0, 0.05) is 6.54 Å². The van der Waals surface area contributed by atoms with Gasteiger partial charge in [0.15, 0.2) is 0 Å². The van der Waals surface area contributed by atoms with Crippen LogP contribution in [0.5, 0.6) is 0 Å². The number of carbonyl (C=O) groups is 1. The summed E-state index contributed by atoms with van der Waals surface area (Å²) in [6.45, 7) is 5.07. The van der Waals surface area contributed by atoms with E-state index in [4.69, 9.17) is 0 Å². The van der Waals surface area contributed by atoms with Gasteiger partial charge in [-0.15, -0.1) is 0 Å². The van der Waals surface area contributed by atoms with Gasteiger partial charge in [-0.1, -0.05) is 13.3 Å². The lowest BCUT2D eigenvalue weighted by Crippen LogP contribution is -2.36. The lowest BCUT2D eigenvalue weighted by Gasteiger charge is -2.28. The molecule has 0 N–H and O–H groups in total. The highest BCUT2D eigenvalue weighted by Crippen LogP contribution is 2.11. The van der Waals surface area contributed by atoms with E-state index >= 15 is 0 Å². The molecule has 1 unspecified atom stereocenters. The number of esters is 1. The van der Waals surface area contributed by atoms with Crippen LogP contribution in [-0.2, 0) is 9.53 Å². The van der Waals surface area contributed by atoms with Crippen LogP contribution in [-0.4, -0.2) is 37.6 Å². The molecule has 0 aliphatic carbocycles. The molecule has 76 valence electrons. The molecule has 1 atom stereocenters. The average Bonchev–Trinajstić information content (AvgIpc) is 2.18. The third-order valence-corrected chi connectivity index (χ3v) is 2.58. The molecule has 0 saturated carbocycles. The molecule has 0 aromatic rings. The van der Waals surface area contributed by atoms with Crippen LogP contribution in [0.1, 0.15) is 26.2 Å². The summed E-state index contributed by atoms with van der Waals surface area (Å²) in [5.41, 5.74) is 0. The summed E-state index contributed by atoms with van der Waals surface area (Å²) < 4.78 is 4.69. The zero-order valence-electron chi connectivity index (χ0n) is 8.58. The van der Waals surface area contributed by atoms with Gasteiger partial charge in [-0.25, -0.2) is 0 Å². The monoisotopic (exact) mass is 185 g/mol. The maximum atomic E-state index is 11.1. The third-order valence-electron chi connectivity index (χ3n) is 2.58. The molecule has 0 spiro atoms. The summed E-state index contributed by atoms with van der Waals surface area (Å²) in [5.74, 6) is -0.0753. The van der Waals surface area contributed by atoms with E-state index in [1.807, 2.05) is 6.92 Å². The maximum absolute atomic E-state index is 11.1. The normalized spacial score (nSPS) is 21.1. The van der Waals surface area contributed by atoms with Gasteiger partial charge in [-0.3, -0.25) is 4.79 Å². The molecular formula is C10H19NO2. The fraction of sp³-hybridized carbons (Fsp3) is 0.900. The van der Waals surface area contributed by atoms with Crippen molar-refractivity contribution < 1.29 is 9.53 Å². The Bertz CT molecular complexity index is 164. The number of nitrogens with zero attached hydrogens (tertiary/aromatic N) is 1. The van der Waals surface area contributed by atoms with Gasteiger partial charge in [-0.2, -0.15) is 0 Å². The van der Waals surface area contributed by atoms with Crippen molar-refractivity contribution in [2.24, 2.45) is 5.92 Å². The van der Waals surface area contributed by atoms with Crippen molar-refractivity contribution in [2.45, 2.75) is 26.2 Å². The minimum Gasteiger partial charge on any atom is -0.469 e. The summed E-state index contributed by atoms with van der Waals surface area (Å²) in [6, 6.07) is 0. The Kier molecular flexibility index (Phi) is 4.22. The summed E-state index contributed by atoms with van der Waals surface area (Å²) in [4.78, 5) is 13.5. The van der Waals surface area contributed by atoms with Gasteiger partial charge in [0.2, 0.25) is 0 Å². The minimum absolute atomic E-state index is 0.0168. The van der Waals surface area contributed by atoms with E-state index in [1.165, 1.54) is 26.4 Å². The number of hydrogen-bond donors (Lipinski definition) is 0. The van der Waals surface area contributed by atoms with Crippen LogP contribution >= 0.6 is 0 Å². The van der Waals surface area contributed by atoms with Gasteiger partial charge < -0.3 is 9.64 Å². The summed E-state index contributed by atoms with van der Waals surface area (Å²) in [6.07, 6.45) is 3.88. The molecule has 0 aromatic carbocycles. The number of hydrogen-bond acceptors (Lipinski definition) is 3. The second-order valence-electron chi connectivity index (χ2n) is 3.79. The van der Waals surface area contributed by atoms with E-state index in [0.717, 1.165) is 19.6 Å². The molecule has 13 heavy (non-hydrogen) atoms. The quantitative estimate of drug-likeness (QED) is 0.620. The van der Waals surface area contributed by atoms with Crippen LogP contribution in [0, 0.1) is 5.92 Å². The first-order chi connectivity index (χ1) is 6.24. The first kappa shape index (κ1) is 10.5. The molecule has 1 saturated heterocycles. The number of rotatable bonds is 3. The van der Waals surface area contributed by atoms with Crippen molar-refractivity contribution in [1.82, 2.24) is 4.90 Å². The zero-order valence-corrected chi connectivity index (χ0v) is 8.58. The largest absolute Gasteiger partial charge is 0.469 e. The summed E-state index contributed by atoms with van der Waals surface area (Å²) in [7, 11) is 1.45. The Morgan fingerprint density at radius 2 is 2.00 bits per heavy atom. The highest BCUT2D eigenvalue weighted by Gasteiger charge is 2.18. The fourth-order valence-corrected chi connectivity index (χ4v) is 1.80. The topological polar surface area (TPSA) is 29.5 Å². The Balaban J connectivity index is 2.25. The van der Waals surface area contributed by atoms with Gasteiger partial charge in [-0.05, 0) is 25.9 Å².